The van der Waals surface area contributed by atoms with Gasteiger partial charge < -0.3 is 15.0 Å². The minimum atomic E-state index is -2.84. The van der Waals surface area contributed by atoms with Gasteiger partial charge in [-0.25, -0.2) is 0 Å². The molecule has 0 aliphatic heterocycles. The predicted molar refractivity (Wildman–Crippen MR) is 76.1 cm³/mol. The van der Waals surface area contributed by atoms with Crippen LogP contribution in [0, 0.1) is 5.92 Å². The van der Waals surface area contributed by atoms with E-state index in [1.54, 1.807) is 12.1 Å². The summed E-state index contributed by atoms with van der Waals surface area (Å²) < 4.78 is 33.9. The molecule has 0 spiro atoms. The van der Waals surface area contributed by atoms with Crippen molar-refractivity contribution in [2.45, 2.75) is 33.3 Å². The van der Waals surface area contributed by atoms with Crippen molar-refractivity contribution in [3.05, 3.63) is 30.0 Å². The molecule has 1 heterocycles. The van der Waals surface area contributed by atoms with E-state index in [0.29, 0.717) is 17.5 Å². The monoisotopic (exact) mass is 296 g/mol. The Hall–Kier alpha value is -2.11. The van der Waals surface area contributed by atoms with Gasteiger partial charge in [-0.05, 0) is 23.6 Å². The second kappa shape index (κ2) is 6.56. The third-order valence-corrected chi connectivity index (χ3v) is 3.39. The molecule has 0 aliphatic carbocycles. The fourth-order valence-electron chi connectivity index (χ4n) is 2.05. The molecule has 4 nitrogen and oxygen atoms in total. The van der Waals surface area contributed by atoms with E-state index in [2.05, 4.69) is 23.7 Å². The number of nitrogens with two attached hydrogens (primary N) is 1. The standard InChI is InChI=1S/C15H18F2N2O2/c1-3-9(2)8-12-13(14(18)19-21-12)10-4-6-11(7-5-10)20-15(16)17/h4-7,9,15H,3,8H2,1-2H3,(H2,18,19). The van der Waals surface area contributed by atoms with E-state index >= 15 is 0 Å². The predicted octanol–water partition coefficient (Wildman–Crippen LogP) is 4.11. The van der Waals surface area contributed by atoms with E-state index in [4.69, 9.17) is 10.3 Å². The summed E-state index contributed by atoms with van der Waals surface area (Å²) in [5, 5.41) is 3.80. The first-order valence-electron chi connectivity index (χ1n) is 6.80. The smallest absolute Gasteiger partial charge is 0.387 e. The lowest BCUT2D eigenvalue weighted by atomic mass is 9.97. The highest BCUT2D eigenvalue weighted by atomic mass is 19.3. The third kappa shape index (κ3) is 3.71. The molecule has 0 saturated heterocycles. The molecule has 6 heteroatoms. The number of rotatable bonds is 6. The molecule has 0 bridgehead atoms. The van der Waals surface area contributed by atoms with Crippen molar-refractivity contribution in [2.24, 2.45) is 5.92 Å². The van der Waals surface area contributed by atoms with E-state index in [-0.39, 0.29) is 5.75 Å². The van der Waals surface area contributed by atoms with Crippen LogP contribution >= 0.6 is 0 Å². The molecule has 1 unspecified atom stereocenters. The van der Waals surface area contributed by atoms with Crippen molar-refractivity contribution in [1.82, 2.24) is 5.16 Å². The summed E-state index contributed by atoms with van der Waals surface area (Å²) in [5.74, 6) is 1.56. The Balaban J connectivity index is 2.27. The Morgan fingerprint density at radius 2 is 1.95 bits per heavy atom. The van der Waals surface area contributed by atoms with Gasteiger partial charge in [-0.3, -0.25) is 0 Å². The Morgan fingerprint density at radius 3 is 2.52 bits per heavy atom. The molecule has 2 aromatic rings. The summed E-state index contributed by atoms with van der Waals surface area (Å²) in [4.78, 5) is 0. The quantitative estimate of drug-likeness (QED) is 0.871. The number of hydrogen-bond donors (Lipinski definition) is 1. The number of anilines is 1. The summed E-state index contributed by atoms with van der Waals surface area (Å²) in [5.41, 5.74) is 7.35. The van der Waals surface area contributed by atoms with Gasteiger partial charge in [0.05, 0.1) is 5.56 Å². The average Bonchev–Trinajstić information content (AvgIpc) is 2.80. The van der Waals surface area contributed by atoms with E-state index in [0.717, 1.165) is 24.0 Å². The lowest BCUT2D eigenvalue weighted by Gasteiger charge is -2.08. The highest BCUT2D eigenvalue weighted by molar-refractivity contribution is 5.75. The summed E-state index contributed by atoms with van der Waals surface area (Å²) in [7, 11) is 0. The molecule has 0 saturated carbocycles. The summed E-state index contributed by atoms with van der Waals surface area (Å²) >= 11 is 0. The molecule has 114 valence electrons. The zero-order valence-corrected chi connectivity index (χ0v) is 12.0. The molecule has 0 fully saturated rings. The largest absolute Gasteiger partial charge is 0.435 e. The second-order valence-electron chi connectivity index (χ2n) is 4.99. The highest BCUT2D eigenvalue weighted by Gasteiger charge is 2.18. The van der Waals surface area contributed by atoms with Crippen LogP contribution < -0.4 is 10.5 Å². The fourth-order valence-corrected chi connectivity index (χ4v) is 2.05. The van der Waals surface area contributed by atoms with Crippen LogP contribution in [0.3, 0.4) is 0 Å². The number of nitrogen functional groups attached to an aromatic ring is 1. The molecule has 1 atom stereocenters. The van der Waals surface area contributed by atoms with Crippen molar-refractivity contribution >= 4 is 5.82 Å². The molecule has 21 heavy (non-hydrogen) atoms. The first kappa shape index (κ1) is 15.3. The number of alkyl halides is 2. The lowest BCUT2D eigenvalue weighted by molar-refractivity contribution is -0.0498. The maximum atomic E-state index is 12.1. The van der Waals surface area contributed by atoms with Crippen LogP contribution in [0.25, 0.3) is 11.1 Å². The van der Waals surface area contributed by atoms with Gasteiger partial charge in [0, 0.05) is 6.42 Å². The van der Waals surface area contributed by atoms with E-state index in [1.165, 1.54) is 12.1 Å². The van der Waals surface area contributed by atoms with Crippen molar-refractivity contribution in [3.8, 4) is 16.9 Å². The van der Waals surface area contributed by atoms with Crippen molar-refractivity contribution in [2.75, 3.05) is 5.73 Å². The van der Waals surface area contributed by atoms with Gasteiger partial charge in [0.25, 0.3) is 0 Å². The van der Waals surface area contributed by atoms with E-state index in [1.807, 2.05) is 0 Å². The molecule has 0 aliphatic rings. The normalized spacial score (nSPS) is 12.6. The summed E-state index contributed by atoms with van der Waals surface area (Å²) in [6.07, 6.45) is 1.74. The molecule has 1 aromatic heterocycles. The van der Waals surface area contributed by atoms with Gasteiger partial charge >= 0.3 is 6.61 Å². The van der Waals surface area contributed by atoms with Crippen molar-refractivity contribution < 1.29 is 18.0 Å². The molecule has 1 aromatic carbocycles. The first-order chi connectivity index (χ1) is 10.0. The number of nitrogens with zero attached hydrogens (tertiary/aromatic N) is 1. The highest BCUT2D eigenvalue weighted by Crippen LogP contribution is 2.32. The van der Waals surface area contributed by atoms with Crippen molar-refractivity contribution in [1.29, 1.82) is 0 Å². The number of ether oxygens (including phenoxy) is 1. The molecule has 0 amide bonds. The fraction of sp³-hybridized carbons (Fsp3) is 0.400. The van der Waals surface area contributed by atoms with Crippen LogP contribution in [0.1, 0.15) is 26.0 Å². The van der Waals surface area contributed by atoms with Crippen LogP contribution in [-0.2, 0) is 6.42 Å². The molecule has 2 N–H and O–H groups in total. The topological polar surface area (TPSA) is 61.3 Å². The zero-order valence-electron chi connectivity index (χ0n) is 12.0. The van der Waals surface area contributed by atoms with Gasteiger partial charge in [-0.2, -0.15) is 8.78 Å². The SMILES string of the molecule is CCC(C)Cc1onc(N)c1-c1ccc(OC(F)F)cc1. The van der Waals surface area contributed by atoms with Gasteiger partial charge in [-0.15, -0.1) is 0 Å². The maximum absolute atomic E-state index is 12.1. The lowest BCUT2D eigenvalue weighted by Crippen LogP contribution is -2.01. The Morgan fingerprint density at radius 1 is 1.29 bits per heavy atom. The van der Waals surface area contributed by atoms with E-state index < -0.39 is 6.61 Å². The van der Waals surface area contributed by atoms with Gasteiger partial charge in [-0.1, -0.05) is 37.6 Å². The van der Waals surface area contributed by atoms with Crippen LogP contribution in [0.5, 0.6) is 5.75 Å². The van der Waals surface area contributed by atoms with Gasteiger partial charge in [0.1, 0.15) is 11.5 Å². The van der Waals surface area contributed by atoms with Crippen molar-refractivity contribution in [3.63, 3.8) is 0 Å². The number of aromatic nitrogens is 1. The third-order valence-electron chi connectivity index (χ3n) is 3.39. The van der Waals surface area contributed by atoms with Crippen LogP contribution in [0.2, 0.25) is 0 Å². The average molecular weight is 296 g/mol. The van der Waals surface area contributed by atoms with Gasteiger partial charge in [0.2, 0.25) is 0 Å². The summed E-state index contributed by atoms with van der Waals surface area (Å²) in [6.45, 7) is 1.38. The second-order valence-corrected chi connectivity index (χ2v) is 4.99. The van der Waals surface area contributed by atoms with Crippen LogP contribution in [0.4, 0.5) is 14.6 Å². The number of benzene rings is 1. The first-order valence-corrected chi connectivity index (χ1v) is 6.80. The molecule has 0 radical (unpaired) electrons. The van der Waals surface area contributed by atoms with Gasteiger partial charge in [0.15, 0.2) is 5.82 Å². The maximum Gasteiger partial charge on any atom is 0.387 e. The summed E-state index contributed by atoms with van der Waals surface area (Å²) in [6, 6.07) is 6.28. The Labute approximate surface area is 121 Å². The molecular weight excluding hydrogens is 278 g/mol. The zero-order chi connectivity index (χ0) is 15.4. The molecular formula is C15H18F2N2O2. The van der Waals surface area contributed by atoms with Crippen LogP contribution in [-0.4, -0.2) is 11.8 Å². The minimum Gasteiger partial charge on any atom is -0.435 e. The minimum absolute atomic E-state index is 0.104. The number of halogens is 2. The number of hydrogen-bond acceptors (Lipinski definition) is 4. The Bertz CT molecular complexity index is 582. The van der Waals surface area contributed by atoms with Crippen LogP contribution in [0.15, 0.2) is 28.8 Å². The molecule has 2 rings (SSSR count). The Kier molecular flexibility index (Phi) is 4.77. The van der Waals surface area contributed by atoms with E-state index in [9.17, 15) is 8.78 Å².